The van der Waals surface area contributed by atoms with Crippen molar-refractivity contribution in [3.8, 4) is 5.75 Å². The summed E-state index contributed by atoms with van der Waals surface area (Å²) in [7, 11) is 0. The van der Waals surface area contributed by atoms with Gasteiger partial charge in [0.05, 0.1) is 6.61 Å². The number of nitrogens with one attached hydrogen (secondary N) is 2. The second-order valence-corrected chi connectivity index (χ2v) is 6.55. The molecule has 0 atom stereocenters. The number of carbonyl (C=O) groups excluding carboxylic acids is 1. The molecule has 0 radical (unpaired) electrons. The molecule has 1 amide bonds. The van der Waals surface area contributed by atoms with Gasteiger partial charge in [-0.3, -0.25) is 4.79 Å². The Labute approximate surface area is 158 Å². The van der Waals surface area contributed by atoms with Crippen LogP contribution < -0.4 is 15.4 Å². The molecule has 0 bridgehead atoms. The first-order valence-corrected chi connectivity index (χ1v) is 8.79. The van der Waals surface area contributed by atoms with Crippen LogP contribution in [0.25, 0.3) is 0 Å². The van der Waals surface area contributed by atoms with E-state index >= 15 is 0 Å². The molecule has 6 heteroatoms. The zero-order chi connectivity index (χ0) is 18.2. The summed E-state index contributed by atoms with van der Waals surface area (Å²) in [5.74, 6) is 0.595. The van der Waals surface area contributed by atoms with Crippen LogP contribution >= 0.6 is 23.8 Å². The molecule has 2 aromatic carbocycles. The van der Waals surface area contributed by atoms with Crippen molar-refractivity contribution in [1.29, 1.82) is 0 Å². The third-order valence-corrected chi connectivity index (χ3v) is 4.10. The minimum Gasteiger partial charge on any atom is -0.494 e. The normalized spacial score (nSPS) is 10.2. The van der Waals surface area contributed by atoms with Gasteiger partial charge in [-0.2, -0.15) is 0 Å². The van der Waals surface area contributed by atoms with Crippen LogP contribution in [0.2, 0.25) is 5.02 Å². The van der Waals surface area contributed by atoms with E-state index in [1.165, 1.54) is 11.1 Å². The van der Waals surface area contributed by atoms with E-state index in [-0.39, 0.29) is 5.91 Å². The van der Waals surface area contributed by atoms with E-state index < -0.39 is 0 Å². The first-order valence-electron chi connectivity index (χ1n) is 8.00. The number of aryl methyl sites for hydroxylation is 2. The average Bonchev–Trinajstić information content (AvgIpc) is 2.56. The Bertz CT molecular complexity index is 748. The lowest BCUT2D eigenvalue weighted by Crippen LogP contribution is -2.34. The van der Waals surface area contributed by atoms with Gasteiger partial charge >= 0.3 is 0 Å². The Morgan fingerprint density at radius 3 is 2.52 bits per heavy atom. The second-order valence-electron chi connectivity index (χ2n) is 5.71. The SMILES string of the molecule is Cc1ccc(NC(=S)NC(=O)CCCOc2ccc(Cl)cc2)cc1C. The molecule has 0 aromatic heterocycles. The number of benzene rings is 2. The van der Waals surface area contributed by atoms with Crippen molar-refractivity contribution in [3.05, 3.63) is 58.6 Å². The maximum atomic E-state index is 11.9. The van der Waals surface area contributed by atoms with Crippen LogP contribution in [0.4, 0.5) is 5.69 Å². The number of anilines is 1. The molecule has 2 aromatic rings. The first-order chi connectivity index (χ1) is 11.9. The van der Waals surface area contributed by atoms with Gasteiger partial charge in [-0.1, -0.05) is 17.7 Å². The van der Waals surface area contributed by atoms with Crippen molar-refractivity contribution in [2.45, 2.75) is 26.7 Å². The van der Waals surface area contributed by atoms with Crippen molar-refractivity contribution in [2.24, 2.45) is 0 Å². The van der Waals surface area contributed by atoms with Crippen LogP contribution in [-0.4, -0.2) is 17.6 Å². The summed E-state index contributed by atoms with van der Waals surface area (Å²) in [6, 6.07) is 13.1. The Hall–Kier alpha value is -2.11. The number of amides is 1. The number of halogens is 1. The fourth-order valence-electron chi connectivity index (χ4n) is 2.12. The minimum atomic E-state index is -0.138. The lowest BCUT2D eigenvalue weighted by molar-refractivity contribution is -0.119. The zero-order valence-electron chi connectivity index (χ0n) is 14.3. The summed E-state index contributed by atoms with van der Waals surface area (Å²) < 4.78 is 5.55. The average molecular weight is 377 g/mol. The van der Waals surface area contributed by atoms with Gasteiger partial charge in [0.2, 0.25) is 5.91 Å². The molecule has 0 spiro atoms. The number of thiocarbonyl (C=S) groups is 1. The van der Waals surface area contributed by atoms with Gasteiger partial charge < -0.3 is 15.4 Å². The summed E-state index contributed by atoms with van der Waals surface area (Å²) in [4.78, 5) is 11.9. The molecule has 2 N–H and O–H groups in total. The molecule has 0 fully saturated rings. The highest BCUT2D eigenvalue weighted by Crippen LogP contribution is 2.16. The second kappa shape index (κ2) is 9.39. The van der Waals surface area contributed by atoms with E-state index in [9.17, 15) is 4.79 Å². The monoisotopic (exact) mass is 376 g/mol. The third kappa shape index (κ3) is 6.72. The van der Waals surface area contributed by atoms with Crippen LogP contribution in [-0.2, 0) is 4.79 Å². The van der Waals surface area contributed by atoms with E-state index in [1.54, 1.807) is 24.3 Å². The third-order valence-electron chi connectivity index (χ3n) is 3.65. The van der Waals surface area contributed by atoms with Gasteiger partial charge in [0, 0.05) is 17.1 Å². The molecule has 0 unspecified atom stereocenters. The highest BCUT2D eigenvalue weighted by molar-refractivity contribution is 7.80. The predicted molar refractivity (Wildman–Crippen MR) is 106 cm³/mol. The topological polar surface area (TPSA) is 50.4 Å². The van der Waals surface area contributed by atoms with Gasteiger partial charge in [0.25, 0.3) is 0 Å². The number of rotatable bonds is 6. The summed E-state index contributed by atoms with van der Waals surface area (Å²) in [5.41, 5.74) is 3.24. The molecular weight excluding hydrogens is 356 g/mol. The molecule has 132 valence electrons. The van der Waals surface area contributed by atoms with Crippen molar-refractivity contribution in [1.82, 2.24) is 5.32 Å². The molecule has 0 aliphatic rings. The Balaban J connectivity index is 1.67. The minimum absolute atomic E-state index is 0.138. The molecular formula is C19H21ClN2O2S. The van der Waals surface area contributed by atoms with Crippen molar-refractivity contribution in [2.75, 3.05) is 11.9 Å². The van der Waals surface area contributed by atoms with E-state index in [0.29, 0.717) is 29.6 Å². The number of hydrogen-bond donors (Lipinski definition) is 2. The standard InChI is InChI=1S/C19H21ClN2O2S/c1-13-5-8-16(12-14(13)2)21-19(25)22-18(23)4-3-11-24-17-9-6-15(20)7-10-17/h5-10,12H,3-4,11H2,1-2H3,(H2,21,22,23,25). The highest BCUT2D eigenvalue weighted by atomic mass is 35.5. The summed E-state index contributed by atoms with van der Waals surface area (Å²) >= 11 is 11.0. The summed E-state index contributed by atoms with van der Waals surface area (Å²) in [6.45, 7) is 4.53. The zero-order valence-corrected chi connectivity index (χ0v) is 15.8. The van der Waals surface area contributed by atoms with E-state index in [4.69, 9.17) is 28.6 Å². The molecule has 25 heavy (non-hydrogen) atoms. The van der Waals surface area contributed by atoms with E-state index in [0.717, 1.165) is 11.4 Å². The van der Waals surface area contributed by atoms with Gasteiger partial charge in [-0.25, -0.2) is 0 Å². The van der Waals surface area contributed by atoms with E-state index in [2.05, 4.69) is 10.6 Å². The van der Waals surface area contributed by atoms with Crippen molar-refractivity contribution in [3.63, 3.8) is 0 Å². The molecule has 0 aliphatic carbocycles. The molecule has 0 saturated carbocycles. The van der Waals surface area contributed by atoms with Gasteiger partial charge in [0.1, 0.15) is 5.75 Å². The van der Waals surface area contributed by atoms with Crippen LogP contribution in [0.5, 0.6) is 5.75 Å². The highest BCUT2D eigenvalue weighted by Gasteiger charge is 2.06. The lowest BCUT2D eigenvalue weighted by Gasteiger charge is -2.11. The van der Waals surface area contributed by atoms with Gasteiger partial charge in [-0.15, -0.1) is 0 Å². The van der Waals surface area contributed by atoms with Gasteiger partial charge in [-0.05, 0) is 80.0 Å². The molecule has 2 rings (SSSR count). The maximum absolute atomic E-state index is 11.9. The fraction of sp³-hybridized carbons (Fsp3) is 0.263. The fourth-order valence-corrected chi connectivity index (χ4v) is 2.48. The van der Waals surface area contributed by atoms with Crippen LogP contribution in [0, 0.1) is 13.8 Å². The molecule has 0 aliphatic heterocycles. The number of hydrogen-bond acceptors (Lipinski definition) is 3. The van der Waals surface area contributed by atoms with Crippen LogP contribution in [0.1, 0.15) is 24.0 Å². The maximum Gasteiger partial charge on any atom is 0.226 e. The Morgan fingerprint density at radius 2 is 1.84 bits per heavy atom. The van der Waals surface area contributed by atoms with E-state index in [1.807, 2.05) is 32.0 Å². The molecule has 0 saturated heterocycles. The first kappa shape index (κ1) is 19.2. The summed E-state index contributed by atoms with van der Waals surface area (Å²) in [5, 5.41) is 6.66. The Morgan fingerprint density at radius 1 is 1.12 bits per heavy atom. The largest absolute Gasteiger partial charge is 0.494 e. The van der Waals surface area contributed by atoms with Gasteiger partial charge in [0.15, 0.2) is 5.11 Å². The quantitative estimate of drug-likeness (QED) is 0.570. The molecule has 4 nitrogen and oxygen atoms in total. The Kier molecular flexibility index (Phi) is 7.22. The van der Waals surface area contributed by atoms with Crippen molar-refractivity contribution < 1.29 is 9.53 Å². The van der Waals surface area contributed by atoms with Crippen LogP contribution in [0.3, 0.4) is 0 Å². The van der Waals surface area contributed by atoms with Crippen LogP contribution in [0.15, 0.2) is 42.5 Å². The van der Waals surface area contributed by atoms with Crippen molar-refractivity contribution >= 4 is 40.5 Å². The summed E-state index contributed by atoms with van der Waals surface area (Å²) in [6.07, 6.45) is 0.934. The number of ether oxygens (including phenoxy) is 1. The molecule has 0 heterocycles. The lowest BCUT2D eigenvalue weighted by atomic mass is 10.1. The smallest absolute Gasteiger partial charge is 0.226 e. The predicted octanol–water partition coefficient (Wildman–Crippen LogP) is 4.63. The number of carbonyl (C=O) groups is 1.